The summed E-state index contributed by atoms with van der Waals surface area (Å²) in [6.45, 7) is 13.6. The summed E-state index contributed by atoms with van der Waals surface area (Å²) in [6.07, 6.45) is 0.936. The average molecular weight is 478 g/mol. The molecule has 0 bridgehead atoms. The van der Waals surface area contributed by atoms with E-state index in [-0.39, 0.29) is 11.0 Å². The highest BCUT2D eigenvalue weighted by Gasteiger charge is 2.43. The van der Waals surface area contributed by atoms with E-state index in [1.54, 1.807) is 12.1 Å². The lowest BCUT2D eigenvalue weighted by atomic mass is 10.1. The van der Waals surface area contributed by atoms with Crippen molar-refractivity contribution in [2.45, 2.75) is 59.7 Å². The van der Waals surface area contributed by atoms with Gasteiger partial charge >= 0.3 is 0 Å². The number of nitrogens with zero attached hydrogens (tertiary/aromatic N) is 3. The second kappa shape index (κ2) is 9.38. The Hall–Kier alpha value is -2.91. The van der Waals surface area contributed by atoms with Crippen LogP contribution in [0.15, 0.2) is 71.5 Å². The van der Waals surface area contributed by atoms with E-state index in [1.165, 1.54) is 23.3 Å². The Bertz CT molecular complexity index is 1370. The van der Waals surface area contributed by atoms with Gasteiger partial charge in [0.1, 0.15) is 17.0 Å². The first-order valence-corrected chi connectivity index (χ1v) is 13.4. The van der Waals surface area contributed by atoms with Crippen LogP contribution in [0.5, 0.6) is 5.75 Å². The number of rotatable bonds is 6. The van der Waals surface area contributed by atoms with Gasteiger partial charge in [-0.25, -0.2) is 9.14 Å². The average Bonchev–Trinajstić information content (AvgIpc) is 3.15. The molecule has 0 aliphatic rings. The first kappa shape index (κ1) is 24.2. The Morgan fingerprint density at radius 3 is 2.32 bits per heavy atom. The van der Waals surface area contributed by atoms with Gasteiger partial charge in [0.25, 0.3) is 0 Å². The molecule has 0 fully saturated rings. The molecule has 0 saturated heterocycles. The van der Waals surface area contributed by atoms with Crippen LogP contribution in [0.2, 0.25) is 0 Å². The van der Waals surface area contributed by atoms with Crippen LogP contribution in [0.25, 0.3) is 10.9 Å². The molecule has 1 aromatic heterocycles. The van der Waals surface area contributed by atoms with Gasteiger partial charge in [0, 0.05) is 17.1 Å². The fourth-order valence-corrected chi connectivity index (χ4v) is 7.35. The Morgan fingerprint density at radius 1 is 0.971 bits per heavy atom. The first-order chi connectivity index (χ1) is 16.1. The number of halogens is 1. The SMILES string of the molecule is CCCn1nc2ccccc2c1[P@@](=Nc1ccc(C)c(C)c1)(Oc1ccc(F)cc1)C(C)(C)C. The Labute approximate surface area is 201 Å². The molecule has 0 N–H and O–H groups in total. The van der Waals surface area contributed by atoms with Crippen molar-refractivity contribution in [3.05, 3.63) is 83.7 Å². The Kier molecular flexibility index (Phi) is 6.69. The van der Waals surface area contributed by atoms with Gasteiger partial charge < -0.3 is 4.52 Å². The van der Waals surface area contributed by atoms with Crippen molar-refractivity contribution in [3.8, 4) is 5.75 Å². The van der Waals surface area contributed by atoms with Gasteiger partial charge in [-0.15, -0.1) is 0 Å². The van der Waals surface area contributed by atoms with E-state index < -0.39 is 7.28 Å². The lowest BCUT2D eigenvalue weighted by Crippen LogP contribution is -2.32. The summed E-state index contributed by atoms with van der Waals surface area (Å²) in [4.78, 5) is 0. The van der Waals surface area contributed by atoms with Crippen LogP contribution >= 0.6 is 7.28 Å². The molecule has 1 heterocycles. The van der Waals surface area contributed by atoms with Crippen LogP contribution in [0.4, 0.5) is 10.1 Å². The number of hydrogen-bond acceptors (Lipinski definition) is 3. The number of aromatic nitrogens is 2. The van der Waals surface area contributed by atoms with E-state index in [0.717, 1.165) is 35.0 Å². The molecule has 0 spiro atoms. The minimum absolute atomic E-state index is 0.292. The third-order valence-corrected chi connectivity index (χ3v) is 9.90. The fourth-order valence-electron chi connectivity index (χ4n) is 4.07. The van der Waals surface area contributed by atoms with E-state index in [0.29, 0.717) is 5.75 Å². The molecule has 6 heteroatoms. The number of fused-ring (bicyclic) bond motifs is 1. The lowest BCUT2D eigenvalue weighted by Gasteiger charge is -2.37. The van der Waals surface area contributed by atoms with E-state index in [1.807, 2.05) is 18.2 Å². The zero-order valence-corrected chi connectivity index (χ0v) is 21.7. The van der Waals surface area contributed by atoms with Crippen molar-refractivity contribution >= 4 is 29.3 Å². The smallest absolute Gasteiger partial charge is 0.191 e. The number of benzene rings is 3. The van der Waals surface area contributed by atoms with E-state index in [4.69, 9.17) is 14.4 Å². The van der Waals surface area contributed by atoms with Crippen molar-refractivity contribution in [2.24, 2.45) is 4.74 Å². The van der Waals surface area contributed by atoms with E-state index in [2.05, 4.69) is 70.5 Å². The monoisotopic (exact) mass is 477 g/mol. The molecule has 4 nitrogen and oxygen atoms in total. The molecular weight excluding hydrogens is 444 g/mol. The van der Waals surface area contributed by atoms with Gasteiger partial charge in [-0.2, -0.15) is 5.10 Å². The van der Waals surface area contributed by atoms with Crippen molar-refractivity contribution in [3.63, 3.8) is 0 Å². The molecule has 0 aliphatic carbocycles. The van der Waals surface area contributed by atoms with Crippen molar-refractivity contribution in [1.29, 1.82) is 0 Å². The predicted octanol–water partition coefficient (Wildman–Crippen LogP) is 8.15. The van der Waals surface area contributed by atoms with Crippen molar-refractivity contribution < 1.29 is 8.91 Å². The maximum atomic E-state index is 13.7. The van der Waals surface area contributed by atoms with Gasteiger partial charge in [0.15, 0.2) is 7.28 Å². The minimum Gasteiger partial charge on any atom is -0.454 e. The standard InChI is InChI=1S/C28H33FN3OP/c1-7-18-32-27(25-10-8-9-11-26(25)30-32)34(28(4,5)6,33-24-16-13-22(29)14-17-24)31-23-15-12-20(2)21(3)19-23/h8-17,19H,7,18H2,1-6H3/t34-/m1/s1. The fraction of sp³-hybridized carbons (Fsp3) is 0.321. The molecule has 1 atom stereocenters. The lowest BCUT2D eigenvalue weighted by molar-refractivity contribution is 0.555. The second-order valence-electron chi connectivity index (χ2n) is 9.72. The van der Waals surface area contributed by atoms with E-state index >= 15 is 0 Å². The van der Waals surface area contributed by atoms with Crippen LogP contribution < -0.4 is 9.96 Å². The summed E-state index contributed by atoms with van der Waals surface area (Å²) in [5, 5.41) is 5.64. The topological polar surface area (TPSA) is 39.4 Å². The van der Waals surface area contributed by atoms with Crippen LogP contribution in [0.1, 0.15) is 45.2 Å². The highest BCUT2D eigenvalue weighted by Crippen LogP contribution is 2.62. The molecule has 178 valence electrons. The molecule has 0 amide bonds. The third-order valence-electron chi connectivity index (χ3n) is 6.05. The minimum atomic E-state index is -2.79. The third kappa shape index (κ3) is 4.54. The number of hydrogen-bond donors (Lipinski definition) is 0. The second-order valence-corrected chi connectivity index (χ2v) is 13.0. The van der Waals surface area contributed by atoms with Crippen LogP contribution in [0, 0.1) is 19.7 Å². The first-order valence-electron chi connectivity index (χ1n) is 11.8. The highest BCUT2D eigenvalue weighted by atomic mass is 31.2. The van der Waals surface area contributed by atoms with E-state index in [9.17, 15) is 4.39 Å². The quantitative estimate of drug-likeness (QED) is 0.263. The molecule has 34 heavy (non-hydrogen) atoms. The Balaban J connectivity index is 2.12. The van der Waals surface area contributed by atoms with Gasteiger partial charge in [-0.05, 0) is 73.9 Å². The molecule has 0 saturated carbocycles. The summed E-state index contributed by atoms with van der Waals surface area (Å²) in [5.41, 5.74) is 5.22. The number of aryl methyl sites for hydroxylation is 3. The maximum Gasteiger partial charge on any atom is 0.191 e. The summed E-state index contributed by atoms with van der Waals surface area (Å²) < 4.78 is 28.2. The molecule has 0 aliphatic heterocycles. The molecule has 4 rings (SSSR count). The maximum absolute atomic E-state index is 13.7. The van der Waals surface area contributed by atoms with Crippen molar-refractivity contribution in [2.75, 3.05) is 0 Å². The van der Waals surface area contributed by atoms with Crippen LogP contribution in [-0.4, -0.2) is 14.9 Å². The van der Waals surface area contributed by atoms with Crippen LogP contribution in [-0.2, 0) is 6.54 Å². The Morgan fingerprint density at radius 2 is 1.68 bits per heavy atom. The van der Waals surface area contributed by atoms with Gasteiger partial charge in [-0.1, -0.05) is 52.0 Å². The van der Waals surface area contributed by atoms with Gasteiger partial charge in [0.2, 0.25) is 0 Å². The zero-order valence-electron chi connectivity index (χ0n) is 20.8. The van der Waals surface area contributed by atoms with Crippen molar-refractivity contribution in [1.82, 2.24) is 9.78 Å². The predicted molar refractivity (Wildman–Crippen MR) is 141 cm³/mol. The normalized spacial score (nSPS) is 13.6. The summed E-state index contributed by atoms with van der Waals surface area (Å²) in [5.74, 6) is 0.310. The molecule has 0 radical (unpaired) electrons. The highest BCUT2D eigenvalue weighted by molar-refractivity contribution is 7.71. The summed E-state index contributed by atoms with van der Waals surface area (Å²) >= 11 is 0. The summed E-state index contributed by atoms with van der Waals surface area (Å²) in [7, 11) is -2.79. The molecular formula is C28H33FN3OP. The largest absolute Gasteiger partial charge is 0.454 e. The zero-order chi connectivity index (χ0) is 24.5. The van der Waals surface area contributed by atoms with Gasteiger partial charge in [0.05, 0.1) is 11.2 Å². The molecule has 3 aromatic carbocycles. The molecule has 4 aromatic rings. The van der Waals surface area contributed by atoms with Gasteiger partial charge in [-0.3, -0.25) is 4.68 Å². The summed E-state index contributed by atoms with van der Waals surface area (Å²) in [6, 6.07) is 20.7. The molecule has 0 unspecified atom stereocenters. The van der Waals surface area contributed by atoms with Crippen LogP contribution in [0.3, 0.4) is 0 Å².